The van der Waals surface area contributed by atoms with Crippen LogP contribution in [0.1, 0.15) is 34.1 Å². The second-order valence-corrected chi connectivity index (χ2v) is 2.92. The summed E-state index contributed by atoms with van der Waals surface area (Å²) in [7, 11) is 0. The summed E-state index contributed by atoms with van der Waals surface area (Å²) >= 11 is 0. The Morgan fingerprint density at radius 2 is 1.71 bits per heavy atom. The van der Waals surface area contributed by atoms with Gasteiger partial charge in [-0.3, -0.25) is 9.59 Å². The maximum Gasteiger partial charge on any atom is 0.150 e. The van der Waals surface area contributed by atoms with Crippen molar-refractivity contribution in [2.24, 2.45) is 0 Å². The van der Waals surface area contributed by atoms with E-state index >= 15 is 0 Å². The summed E-state index contributed by atoms with van der Waals surface area (Å²) in [4.78, 5) is 21.1. The molecule has 74 valence electrons. The fourth-order valence-corrected chi connectivity index (χ4v) is 1.09. The number of aldehydes is 2. The number of rotatable bonds is 5. The molecule has 0 bridgehead atoms. The minimum Gasteiger partial charge on any atom is -0.494 e. The van der Waals surface area contributed by atoms with E-state index < -0.39 is 0 Å². The summed E-state index contributed by atoms with van der Waals surface area (Å²) < 4.78 is 5.32. The van der Waals surface area contributed by atoms with Crippen LogP contribution in [0, 0.1) is 0 Å². The van der Waals surface area contributed by atoms with E-state index in [2.05, 4.69) is 0 Å². The molecule has 3 heteroatoms. The zero-order chi connectivity index (χ0) is 10.4. The van der Waals surface area contributed by atoms with Crippen LogP contribution < -0.4 is 4.74 Å². The average molecular weight is 192 g/mol. The first kappa shape index (κ1) is 10.4. The van der Waals surface area contributed by atoms with Crippen LogP contribution in [-0.2, 0) is 0 Å². The molecule has 1 aromatic carbocycles. The van der Waals surface area contributed by atoms with Gasteiger partial charge in [0.2, 0.25) is 0 Å². The molecule has 0 saturated heterocycles. The lowest BCUT2D eigenvalue weighted by Gasteiger charge is -2.05. The Morgan fingerprint density at radius 1 is 1.14 bits per heavy atom. The number of carbonyl (C=O) groups is 2. The number of hydrogen-bond acceptors (Lipinski definition) is 3. The van der Waals surface area contributed by atoms with Gasteiger partial charge in [-0.1, -0.05) is 6.92 Å². The van der Waals surface area contributed by atoms with E-state index in [1.807, 2.05) is 6.92 Å². The van der Waals surface area contributed by atoms with E-state index in [4.69, 9.17) is 4.74 Å². The van der Waals surface area contributed by atoms with E-state index in [-0.39, 0.29) is 0 Å². The van der Waals surface area contributed by atoms with Crippen molar-refractivity contribution in [1.82, 2.24) is 0 Å². The van der Waals surface area contributed by atoms with Crippen LogP contribution in [0.2, 0.25) is 0 Å². The summed E-state index contributed by atoms with van der Waals surface area (Å²) in [6.07, 6.45) is 2.29. The van der Waals surface area contributed by atoms with Crippen LogP contribution in [0.25, 0.3) is 0 Å². The molecular formula is C11H12O3. The van der Waals surface area contributed by atoms with Gasteiger partial charge in [-0.15, -0.1) is 0 Å². The highest BCUT2D eigenvalue weighted by Gasteiger charge is 2.00. The predicted octanol–water partition coefficient (Wildman–Crippen LogP) is 2.10. The molecule has 0 heterocycles. The van der Waals surface area contributed by atoms with E-state index in [0.29, 0.717) is 36.1 Å². The van der Waals surface area contributed by atoms with Gasteiger partial charge < -0.3 is 4.74 Å². The van der Waals surface area contributed by atoms with E-state index in [1.54, 1.807) is 12.1 Å². The SMILES string of the molecule is CCCOc1cc(C=O)cc(C=O)c1. The van der Waals surface area contributed by atoms with Gasteiger partial charge in [-0.05, 0) is 24.6 Å². The van der Waals surface area contributed by atoms with Crippen molar-refractivity contribution in [2.45, 2.75) is 13.3 Å². The van der Waals surface area contributed by atoms with E-state index in [1.165, 1.54) is 6.07 Å². The molecule has 0 saturated carbocycles. The van der Waals surface area contributed by atoms with Gasteiger partial charge in [0.1, 0.15) is 18.3 Å². The van der Waals surface area contributed by atoms with E-state index in [0.717, 1.165) is 6.42 Å². The van der Waals surface area contributed by atoms with Crippen molar-refractivity contribution in [3.8, 4) is 5.75 Å². The van der Waals surface area contributed by atoms with Crippen LogP contribution in [0.4, 0.5) is 0 Å². The van der Waals surface area contributed by atoms with Gasteiger partial charge in [0, 0.05) is 11.1 Å². The van der Waals surface area contributed by atoms with Crippen molar-refractivity contribution in [3.63, 3.8) is 0 Å². The second-order valence-electron chi connectivity index (χ2n) is 2.92. The third-order valence-electron chi connectivity index (χ3n) is 1.70. The number of benzene rings is 1. The van der Waals surface area contributed by atoms with Gasteiger partial charge in [0.05, 0.1) is 6.61 Å². The van der Waals surface area contributed by atoms with Crippen molar-refractivity contribution in [1.29, 1.82) is 0 Å². The van der Waals surface area contributed by atoms with Gasteiger partial charge in [-0.2, -0.15) is 0 Å². The normalized spacial score (nSPS) is 9.50. The molecule has 0 aliphatic carbocycles. The highest BCUT2D eigenvalue weighted by molar-refractivity contribution is 5.83. The van der Waals surface area contributed by atoms with Gasteiger partial charge in [-0.25, -0.2) is 0 Å². The standard InChI is InChI=1S/C11H12O3/c1-2-3-14-11-5-9(7-12)4-10(6-11)8-13/h4-8H,2-3H2,1H3. The molecule has 0 N–H and O–H groups in total. The lowest BCUT2D eigenvalue weighted by atomic mass is 10.1. The first-order valence-corrected chi connectivity index (χ1v) is 4.48. The second kappa shape index (κ2) is 5.17. The minimum atomic E-state index is 0.459. The molecule has 1 aromatic rings. The lowest BCUT2D eigenvalue weighted by Crippen LogP contribution is -1.97. The van der Waals surface area contributed by atoms with Crippen LogP contribution >= 0.6 is 0 Å². The van der Waals surface area contributed by atoms with Gasteiger partial charge in [0.25, 0.3) is 0 Å². The molecule has 0 radical (unpaired) electrons. The third kappa shape index (κ3) is 2.69. The summed E-state index contributed by atoms with van der Waals surface area (Å²) in [5.74, 6) is 0.568. The Hall–Kier alpha value is -1.64. The van der Waals surface area contributed by atoms with Gasteiger partial charge in [0.15, 0.2) is 0 Å². The smallest absolute Gasteiger partial charge is 0.150 e. The topological polar surface area (TPSA) is 43.4 Å². The van der Waals surface area contributed by atoms with Crippen molar-refractivity contribution in [3.05, 3.63) is 29.3 Å². The maximum atomic E-state index is 10.5. The molecule has 0 atom stereocenters. The van der Waals surface area contributed by atoms with Gasteiger partial charge >= 0.3 is 0 Å². The quantitative estimate of drug-likeness (QED) is 0.671. The molecule has 0 aliphatic heterocycles. The highest BCUT2D eigenvalue weighted by Crippen LogP contribution is 2.15. The number of carbonyl (C=O) groups excluding carboxylic acids is 2. The Kier molecular flexibility index (Phi) is 3.85. The zero-order valence-electron chi connectivity index (χ0n) is 8.03. The Morgan fingerprint density at radius 3 is 2.14 bits per heavy atom. The molecule has 1 rings (SSSR count). The monoisotopic (exact) mass is 192 g/mol. The molecule has 0 amide bonds. The third-order valence-corrected chi connectivity index (χ3v) is 1.70. The lowest BCUT2D eigenvalue weighted by molar-refractivity contribution is 0.112. The van der Waals surface area contributed by atoms with Crippen molar-refractivity contribution < 1.29 is 14.3 Å². The van der Waals surface area contributed by atoms with Crippen LogP contribution in [0.3, 0.4) is 0 Å². The number of ether oxygens (including phenoxy) is 1. The molecular weight excluding hydrogens is 180 g/mol. The summed E-state index contributed by atoms with van der Waals surface area (Å²) in [5.41, 5.74) is 0.918. The first-order chi connectivity index (χ1) is 6.80. The molecule has 0 unspecified atom stereocenters. The highest BCUT2D eigenvalue weighted by atomic mass is 16.5. The van der Waals surface area contributed by atoms with Crippen LogP contribution in [-0.4, -0.2) is 19.2 Å². The predicted molar refractivity (Wildman–Crippen MR) is 53.0 cm³/mol. The van der Waals surface area contributed by atoms with Crippen molar-refractivity contribution >= 4 is 12.6 Å². The zero-order valence-corrected chi connectivity index (χ0v) is 8.03. The van der Waals surface area contributed by atoms with E-state index in [9.17, 15) is 9.59 Å². The first-order valence-electron chi connectivity index (χ1n) is 4.48. The largest absolute Gasteiger partial charge is 0.494 e. The Bertz CT molecular complexity index is 305. The Balaban J connectivity index is 2.92. The molecule has 0 aliphatic rings. The summed E-state index contributed by atoms with van der Waals surface area (Å²) in [6.45, 7) is 2.57. The maximum absolute atomic E-state index is 10.5. The van der Waals surface area contributed by atoms with Crippen LogP contribution in [0.5, 0.6) is 5.75 Å². The summed E-state index contributed by atoms with van der Waals surface area (Å²) in [5, 5.41) is 0. The summed E-state index contributed by atoms with van der Waals surface area (Å²) in [6, 6.07) is 4.77. The van der Waals surface area contributed by atoms with Crippen LogP contribution in [0.15, 0.2) is 18.2 Å². The average Bonchev–Trinajstić information content (AvgIpc) is 2.25. The molecule has 0 aromatic heterocycles. The minimum absolute atomic E-state index is 0.459. The molecule has 3 nitrogen and oxygen atoms in total. The Labute approximate surface area is 82.7 Å². The number of hydrogen-bond donors (Lipinski definition) is 0. The molecule has 0 fully saturated rings. The fourth-order valence-electron chi connectivity index (χ4n) is 1.09. The fraction of sp³-hybridized carbons (Fsp3) is 0.273. The molecule has 0 spiro atoms. The molecule has 14 heavy (non-hydrogen) atoms. The van der Waals surface area contributed by atoms with Crippen molar-refractivity contribution in [2.75, 3.05) is 6.61 Å².